The van der Waals surface area contributed by atoms with Gasteiger partial charge in [0.2, 0.25) is 5.91 Å². The Kier molecular flexibility index (Phi) is 8.81. The summed E-state index contributed by atoms with van der Waals surface area (Å²) in [7, 11) is 1.61. The summed E-state index contributed by atoms with van der Waals surface area (Å²) in [5.41, 5.74) is 5.69. The van der Waals surface area contributed by atoms with Crippen LogP contribution in [0.5, 0.6) is 11.5 Å². The molecule has 1 amide bonds. The molecule has 1 aromatic carbocycles. The monoisotopic (exact) mass is 316 g/mol. The van der Waals surface area contributed by atoms with Gasteiger partial charge in [0.15, 0.2) is 0 Å². The highest BCUT2D eigenvalue weighted by molar-refractivity contribution is 5.85. The number of amides is 1. The highest BCUT2D eigenvalue weighted by atomic mass is 35.5. The fourth-order valence-corrected chi connectivity index (χ4v) is 1.59. The van der Waals surface area contributed by atoms with Crippen molar-refractivity contribution in [3.05, 3.63) is 24.3 Å². The van der Waals surface area contributed by atoms with Crippen LogP contribution in [-0.4, -0.2) is 31.7 Å². The van der Waals surface area contributed by atoms with Crippen LogP contribution in [0, 0.1) is 5.92 Å². The Morgan fingerprint density at radius 2 is 1.90 bits per heavy atom. The largest absolute Gasteiger partial charge is 0.497 e. The van der Waals surface area contributed by atoms with E-state index < -0.39 is 0 Å². The SMILES string of the molecule is COc1cccc(OC(C)CNC(=O)C(C)C(C)N)c1.Cl. The first-order valence-electron chi connectivity index (χ1n) is 6.78. The maximum Gasteiger partial charge on any atom is 0.224 e. The van der Waals surface area contributed by atoms with Gasteiger partial charge in [-0.2, -0.15) is 0 Å². The average Bonchev–Trinajstić information content (AvgIpc) is 2.43. The van der Waals surface area contributed by atoms with Gasteiger partial charge in [0.05, 0.1) is 13.7 Å². The Labute approximate surface area is 132 Å². The fourth-order valence-electron chi connectivity index (χ4n) is 1.59. The molecule has 6 heteroatoms. The molecule has 1 aromatic rings. The number of hydrogen-bond acceptors (Lipinski definition) is 4. The zero-order chi connectivity index (χ0) is 15.1. The highest BCUT2D eigenvalue weighted by Gasteiger charge is 2.17. The summed E-state index contributed by atoms with van der Waals surface area (Å²) >= 11 is 0. The van der Waals surface area contributed by atoms with Crippen LogP contribution in [0.2, 0.25) is 0 Å². The molecule has 3 atom stereocenters. The Balaban J connectivity index is 0.00000400. The van der Waals surface area contributed by atoms with Crippen molar-refractivity contribution in [3.63, 3.8) is 0 Å². The first-order valence-corrected chi connectivity index (χ1v) is 6.78. The molecule has 3 N–H and O–H groups in total. The molecule has 0 aliphatic carbocycles. The molecule has 0 saturated carbocycles. The summed E-state index contributed by atoms with van der Waals surface area (Å²) in [6.45, 7) is 5.97. The topological polar surface area (TPSA) is 73.6 Å². The van der Waals surface area contributed by atoms with Crippen molar-refractivity contribution in [3.8, 4) is 11.5 Å². The zero-order valence-electron chi connectivity index (χ0n) is 13.0. The number of methoxy groups -OCH3 is 1. The predicted molar refractivity (Wildman–Crippen MR) is 86.2 cm³/mol. The molecule has 3 unspecified atom stereocenters. The van der Waals surface area contributed by atoms with Crippen LogP contribution in [0.4, 0.5) is 0 Å². The minimum atomic E-state index is -0.209. The molecule has 0 radical (unpaired) electrons. The molecular formula is C15H25ClN2O3. The lowest BCUT2D eigenvalue weighted by Gasteiger charge is -2.19. The fraction of sp³-hybridized carbons (Fsp3) is 0.533. The van der Waals surface area contributed by atoms with E-state index in [1.165, 1.54) is 0 Å². The van der Waals surface area contributed by atoms with Crippen molar-refractivity contribution in [2.24, 2.45) is 11.7 Å². The van der Waals surface area contributed by atoms with Crippen LogP contribution in [0.25, 0.3) is 0 Å². The van der Waals surface area contributed by atoms with Crippen LogP contribution in [0.15, 0.2) is 24.3 Å². The normalized spacial score (nSPS) is 14.3. The van der Waals surface area contributed by atoms with Gasteiger partial charge >= 0.3 is 0 Å². The van der Waals surface area contributed by atoms with Crippen molar-refractivity contribution in [1.82, 2.24) is 5.32 Å². The molecule has 0 fully saturated rings. The number of nitrogens with two attached hydrogens (primary N) is 1. The van der Waals surface area contributed by atoms with Crippen LogP contribution >= 0.6 is 12.4 Å². The number of carbonyl (C=O) groups excluding carboxylic acids is 1. The van der Waals surface area contributed by atoms with E-state index in [-0.39, 0.29) is 36.4 Å². The lowest BCUT2D eigenvalue weighted by Crippen LogP contribution is -2.42. The molecule has 0 aromatic heterocycles. The smallest absolute Gasteiger partial charge is 0.224 e. The van der Waals surface area contributed by atoms with Gasteiger partial charge in [-0.05, 0) is 26.0 Å². The van der Waals surface area contributed by atoms with E-state index in [1.54, 1.807) is 7.11 Å². The standard InChI is InChI=1S/C15H24N2O3.ClH/c1-10(9-17-15(18)11(2)12(3)16)20-14-7-5-6-13(8-14)19-4;/h5-8,10-12H,9,16H2,1-4H3,(H,17,18);1H. The Hall–Kier alpha value is -1.46. The van der Waals surface area contributed by atoms with Crippen LogP contribution in [-0.2, 0) is 4.79 Å². The quantitative estimate of drug-likeness (QED) is 0.806. The molecule has 0 aliphatic heterocycles. The van der Waals surface area contributed by atoms with E-state index in [9.17, 15) is 4.79 Å². The second-order valence-electron chi connectivity index (χ2n) is 5.00. The molecule has 5 nitrogen and oxygen atoms in total. The van der Waals surface area contributed by atoms with E-state index in [0.29, 0.717) is 12.3 Å². The van der Waals surface area contributed by atoms with E-state index in [1.807, 2.05) is 45.0 Å². The number of rotatable bonds is 7. The molecule has 0 spiro atoms. The van der Waals surface area contributed by atoms with Gasteiger partial charge in [0.25, 0.3) is 0 Å². The number of benzene rings is 1. The third kappa shape index (κ3) is 6.69. The predicted octanol–water partition coefficient (Wildman–Crippen LogP) is 1.98. The zero-order valence-corrected chi connectivity index (χ0v) is 13.8. The minimum absolute atomic E-state index is 0. The maximum absolute atomic E-state index is 11.8. The van der Waals surface area contributed by atoms with Crippen molar-refractivity contribution in [2.75, 3.05) is 13.7 Å². The Morgan fingerprint density at radius 3 is 2.48 bits per heavy atom. The number of halogens is 1. The summed E-state index contributed by atoms with van der Waals surface area (Å²) in [4.78, 5) is 11.8. The van der Waals surface area contributed by atoms with Gasteiger partial charge < -0.3 is 20.5 Å². The van der Waals surface area contributed by atoms with E-state index in [4.69, 9.17) is 15.2 Å². The maximum atomic E-state index is 11.8. The van der Waals surface area contributed by atoms with Crippen molar-refractivity contribution >= 4 is 18.3 Å². The van der Waals surface area contributed by atoms with E-state index in [0.717, 1.165) is 5.75 Å². The number of hydrogen-bond donors (Lipinski definition) is 2. The molecule has 0 saturated heterocycles. The van der Waals surface area contributed by atoms with Crippen LogP contribution in [0.3, 0.4) is 0 Å². The Bertz CT molecular complexity index is 441. The second kappa shape index (κ2) is 9.47. The van der Waals surface area contributed by atoms with E-state index >= 15 is 0 Å². The second-order valence-corrected chi connectivity index (χ2v) is 5.00. The van der Waals surface area contributed by atoms with Gasteiger partial charge in [-0.3, -0.25) is 4.79 Å². The lowest BCUT2D eigenvalue weighted by atomic mass is 10.0. The summed E-state index contributed by atoms with van der Waals surface area (Å²) in [6, 6.07) is 7.21. The molecule has 0 aliphatic rings. The van der Waals surface area contributed by atoms with Crippen LogP contribution < -0.4 is 20.5 Å². The van der Waals surface area contributed by atoms with Gasteiger partial charge in [0.1, 0.15) is 17.6 Å². The van der Waals surface area contributed by atoms with Gasteiger partial charge in [0, 0.05) is 18.0 Å². The third-order valence-electron chi connectivity index (χ3n) is 3.14. The first kappa shape index (κ1) is 19.5. The average molecular weight is 317 g/mol. The van der Waals surface area contributed by atoms with Gasteiger partial charge in [-0.1, -0.05) is 13.0 Å². The number of nitrogens with one attached hydrogen (secondary N) is 1. The summed E-state index contributed by atoms with van der Waals surface area (Å²) in [6.07, 6.45) is -0.133. The molecule has 21 heavy (non-hydrogen) atoms. The minimum Gasteiger partial charge on any atom is -0.497 e. The molecular weight excluding hydrogens is 292 g/mol. The summed E-state index contributed by atoms with van der Waals surface area (Å²) < 4.78 is 10.9. The molecule has 0 heterocycles. The van der Waals surface area contributed by atoms with Gasteiger partial charge in [-0.15, -0.1) is 12.4 Å². The summed E-state index contributed by atoms with van der Waals surface area (Å²) in [5.74, 6) is 1.19. The van der Waals surface area contributed by atoms with Crippen LogP contribution in [0.1, 0.15) is 20.8 Å². The molecule has 1 rings (SSSR count). The third-order valence-corrected chi connectivity index (χ3v) is 3.14. The number of ether oxygens (including phenoxy) is 2. The first-order chi connectivity index (χ1) is 9.43. The summed E-state index contributed by atoms with van der Waals surface area (Å²) in [5, 5.41) is 2.84. The number of carbonyl (C=O) groups is 1. The lowest BCUT2D eigenvalue weighted by molar-refractivity contribution is -0.125. The van der Waals surface area contributed by atoms with Crippen molar-refractivity contribution in [1.29, 1.82) is 0 Å². The molecule has 120 valence electrons. The highest BCUT2D eigenvalue weighted by Crippen LogP contribution is 2.19. The van der Waals surface area contributed by atoms with E-state index in [2.05, 4.69) is 5.32 Å². The van der Waals surface area contributed by atoms with Crippen molar-refractivity contribution < 1.29 is 14.3 Å². The van der Waals surface area contributed by atoms with Crippen molar-refractivity contribution in [2.45, 2.75) is 32.9 Å². The molecule has 0 bridgehead atoms. The van der Waals surface area contributed by atoms with Gasteiger partial charge in [-0.25, -0.2) is 0 Å². The Morgan fingerprint density at radius 1 is 1.29 bits per heavy atom.